The number of likely N-dealkylation sites (N-methyl/N-ethyl adjacent to an activating group) is 1. The van der Waals surface area contributed by atoms with Crippen molar-refractivity contribution in [2.75, 3.05) is 49.3 Å². The number of aromatic nitrogens is 2. The number of piperidine rings is 1. The van der Waals surface area contributed by atoms with Crippen LogP contribution in [0.5, 0.6) is 0 Å². The smallest absolute Gasteiger partial charge is 0.407 e. The molecule has 5 rings (SSSR count). The van der Waals surface area contributed by atoms with Gasteiger partial charge in [-0.15, -0.1) is 0 Å². The van der Waals surface area contributed by atoms with E-state index in [9.17, 15) is 14.7 Å². The lowest BCUT2D eigenvalue weighted by Crippen LogP contribution is -2.62. The maximum Gasteiger partial charge on any atom is 0.407 e. The van der Waals surface area contributed by atoms with E-state index in [0.717, 1.165) is 37.1 Å². The number of benzene rings is 1. The average Bonchev–Trinajstić information content (AvgIpc) is 2.92. The molecule has 206 valence electrons. The maximum atomic E-state index is 13.4. The molecule has 2 fully saturated rings. The van der Waals surface area contributed by atoms with Crippen molar-refractivity contribution in [3.8, 4) is 0 Å². The lowest BCUT2D eigenvalue weighted by atomic mass is 9.89. The molecular formula is C28H35N7O4. The molecular weight excluding hydrogens is 498 g/mol. The van der Waals surface area contributed by atoms with Gasteiger partial charge in [0.1, 0.15) is 0 Å². The summed E-state index contributed by atoms with van der Waals surface area (Å²) < 4.78 is 5.50. The number of fused-ring (bicyclic) bond motifs is 1. The molecule has 3 unspecified atom stereocenters. The molecule has 2 aromatic heterocycles. The van der Waals surface area contributed by atoms with Crippen molar-refractivity contribution in [1.29, 1.82) is 0 Å². The summed E-state index contributed by atoms with van der Waals surface area (Å²) in [5, 5.41) is 13.3. The Bertz CT molecular complexity index is 1370. The molecule has 0 aliphatic carbocycles. The molecule has 2 aliphatic rings. The summed E-state index contributed by atoms with van der Waals surface area (Å²) in [6.07, 6.45) is 4.15. The van der Waals surface area contributed by atoms with Crippen molar-refractivity contribution >= 4 is 40.0 Å². The highest BCUT2D eigenvalue weighted by Gasteiger charge is 2.37. The summed E-state index contributed by atoms with van der Waals surface area (Å²) in [6.45, 7) is 4.45. The Morgan fingerprint density at radius 2 is 1.95 bits per heavy atom. The first kappa shape index (κ1) is 26.6. The molecule has 6 N–H and O–H groups in total. The van der Waals surface area contributed by atoms with Crippen molar-refractivity contribution in [2.24, 2.45) is 11.7 Å². The van der Waals surface area contributed by atoms with Crippen LogP contribution >= 0.6 is 0 Å². The monoisotopic (exact) mass is 533 g/mol. The average molecular weight is 534 g/mol. The Labute approximate surface area is 227 Å². The predicted octanol–water partition coefficient (Wildman–Crippen LogP) is 3.12. The number of nitrogens with two attached hydrogens (primary N) is 2. The minimum Gasteiger partial charge on any atom is -0.465 e. The fourth-order valence-corrected chi connectivity index (χ4v) is 5.92. The largest absolute Gasteiger partial charge is 0.465 e. The van der Waals surface area contributed by atoms with Gasteiger partial charge in [0.2, 0.25) is 0 Å². The fourth-order valence-electron chi connectivity index (χ4n) is 5.92. The van der Waals surface area contributed by atoms with Crippen molar-refractivity contribution in [1.82, 2.24) is 14.9 Å². The number of pyridine rings is 2. The number of hydrogen-bond acceptors (Lipinski definition) is 8. The first-order valence-corrected chi connectivity index (χ1v) is 13.2. The molecule has 0 saturated carbocycles. The quantitative estimate of drug-likeness (QED) is 0.386. The van der Waals surface area contributed by atoms with Gasteiger partial charge in [0, 0.05) is 51.0 Å². The van der Waals surface area contributed by atoms with Gasteiger partial charge in [-0.3, -0.25) is 9.78 Å². The molecule has 2 amide bonds. The Morgan fingerprint density at radius 3 is 2.67 bits per heavy atom. The molecule has 2 aliphatic heterocycles. The molecule has 0 radical (unpaired) electrons. The number of nitrogens with zero attached hydrogens (tertiary/aromatic N) is 4. The highest BCUT2D eigenvalue weighted by Crippen LogP contribution is 2.32. The van der Waals surface area contributed by atoms with E-state index in [0.29, 0.717) is 30.2 Å². The Kier molecular flexibility index (Phi) is 7.53. The molecule has 39 heavy (non-hydrogen) atoms. The van der Waals surface area contributed by atoms with Crippen LogP contribution in [0.4, 0.5) is 21.9 Å². The van der Waals surface area contributed by atoms with Gasteiger partial charge in [0.05, 0.1) is 34.8 Å². The van der Waals surface area contributed by atoms with Crippen LogP contribution in [-0.4, -0.2) is 77.4 Å². The summed E-state index contributed by atoms with van der Waals surface area (Å²) in [5.74, 6) is -0.0572. The van der Waals surface area contributed by atoms with Gasteiger partial charge in [0.15, 0.2) is 5.69 Å². The zero-order valence-electron chi connectivity index (χ0n) is 22.2. The Morgan fingerprint density at radius 1 is 1.18 bits per heavy atom. The Hall–Kier alpha value is -3.96. The normalized spacial score (nSPS) is 22.0. The van der Waals surface area contributed by atoms with Gasteiger partial charge < -0.3 is 36.4 Å². The van der Waals surface area contributed by atoms with Crippen molar-refractivity contribution in [2.45, 2.75) is 37.8 Å². The number of carboxylic acid groups (broad SMARTS) is 1. The number of hydrogen-bond donors (Lipinski definition) is 4. The van der Waals surface area contributed by atoms with Crippen LogP contribution < -0.4 is 21.7 Å². The van der Waals surface area contributed by atoms with E-state index in [-0.39, 0.29) is 23.3 Å². The van der Waals surface area contributed by atoms with Crippen LogP contribution in [-0.2, 0) is 4.74 Å². The fraction of sp³-hybridized carbons (Fsp3) is 0.429. The first-order chi connectivity index (χ1) is 18.7. The highest BCUT2D eigenvalue weighted by molar-refractivity contribution is 6.09. The van der Waals surface area contributed by atoms with E-state index >= 15 is 0 Å². The van der Waals surface area contributed by atoms with Crippen LogP contribution in [0.25, 0.3) is 10.9 Å². The van der Waals surface area contributed by atoms with Gasteiger partial charge in [-0.1, -0.05) is 19.1 Å². The highest BCUT2D eigenvalue weighted by atomic mass is 16.5. The zero-order valence-corrected chi connectivity index (χ0v) is 22.2. The molecule has 3 aromatic rings. The number of nitrogens with one attached hydrogen (secondary N) is 1. The topological polar surface area (TPSA) is 160 Å². The van der Waals surface area contributed by atoms with Crippen LogP contribution in [0.2, 0.25) is 0 Å². The zero-order chi connectivity index (χ0) is 27.7. The van der Waals surface area contributed by atoms with Crippen molar-refractivity contribution in [3.05, 3.63) is 54.0 Å². The summed E-state index contributed by atoms with van der Waals surface area (Å²) in [6, 6.07) is 9.01. The van der Waals surface area contributed by atoms with Gasteiger partial charge in [-0.05, 0) is 48.4 Å². The first-order valence-electron chi connectivity index (χ1n) is 13.2. The molecule has 4 heterocycles. The third kappa shape index (κ3) is 5.45. The summed E-state index contributed by atoms with van der Waals surface area (Å²) >= 11 is 0. The molecule has 0 bridgehead atoms. The van der Waals surface area contributed by atoms with E-state index in [1.165, 1.54) is 10.5 Å². The minimum absolute atomic E-state index is 0.0331. The molecule has 0 spiro atoms. The molecule has 3 atom stereocenters. The number of carbonyl (C=O) groups is 2. The molecule has 11 nitrogen and oxygen atoms in total. The minimum atomic E-state index is -1.01. The lowest BCUT2D eigenvalue weighted by Gasteiger charge is -2.45. The van der Waals surface area contributed by atoms with Gasteiger partial charge in [-0.2, -0.15) is 0 Å². The number of amides is 2. The lowest BCUT2D eigenvalue weighted by molar-refractivity contribution is 0.0853. The standard InChI is InChI=1S/C28H35N7O4/c1-16-14-35(15-21(30)26(16)34(2)28(37)38)24-5-8-31-13-23(24)33-27(36)25-20(29)11-19-4-3-18(12-22(19)32-25)17-6-9-39-10-7-17/h3-5,8,11-13,16-17,21,26H,6-7,9-10,14-15,29-30H2,1-2H3,(H,33,36)(H,37,38). The molecule has 2 saturated heterocycles. The number of carbonyl (C=O) groups excluding carboxylic acids is 1. The third-order valence-electron chi connectivity index (χ3n) is 7.88. The second-order valence-corrected chi connectivity index (χ2v) is 10.5. The second kappa shape index (κ2) is 11.0. The second-order valence-electron chi connectivity index (χ2n) is 10.5. The van der Waals surface area contributed by atoms with E-state index < -0.39 is 18.0 Å². The summed E-state index contributed by atoms with van der Waals surface area (Å²) in [7, 11) is 1.55. The predicted molar refractivity (Wildman–Crippen MR) is 150 cm³/mol. The van der Waals surface area contributed by atoms with Crippen LogP contribution in [0, 0.1) is 5.92 Å². The van der Waals surface area contributed by atoms with Crippen LogP contribution in [0.15, 0.2) is 42.7 Å². The van der Waals surface area contributed by atoms with Crippen LogP contribution in [0.3, 0.4) is 0 Å². The van der Waals surface area contributed by atoms with Gasteiger partial charge in [0.25, 0.3) is 5.91 Å². The number of anilines is 3. The van der Waals surface area contributed by atoms with Crippen molar-refractivity contribution < 1.29 is 19.4 Å². The number of ether oxygens (including phenoxy) is 1. The van der Waals surface area contributed by atoms with Crippen LogP contribution in [0.1, 0.15) is 41.7 Å². The van der Waals surface area contributed by atoms with E-state index in [4.69, 9.17) is 16.2 Å². The van der Waals surface area contributed by atoms with E-state index in [1.807, 2.05) is 25.1 Å². The van der Waals surface area contributed by atoms with Crippen molar-refractivity contribution in [3.63, 3.8) is 0 Å². The SMILES string of the molecule is CC1CN(c2ccncc2NC(=O)c2nc3cc(C4CCOCC4)ccc3cc2N)CC(N)C1N(C)C(=O)O. The number of rotatable bonds is 5. The number of nitrogen functional groups attached to an aromatic ring is 1. The van der Waals surface area contributed by atoms with Gasteiger partial charge in [-0.25, -0.2) is 9.78 Å². The van der Waals surface area contributed by atoms with E-state index in [2.05, 4.69) is 26.3 Å². The third-order valence-corrected chi connectivity index (χ3v) is 7.88. The maximum absolute atomic E-state index is 13.4. The summed E-state index contributed by atoms with van der Waals surface area (Å²) in [4.78, 5) is 37.2. The molecule has 11 heteroatoms. The summed E-state index contributed by atoms with van der Waals surface area (Å²) in [5.41, 5.74) is 16.3. The van der Waals surface area contributed by atoms with Gasteiger partial charge >= 0.3 is 6.09 Å². The Balaban J connectivity index is 1.38. The molecule has 1 aromatic carbocycles. The van der Waals surface area contributed by atoms with E-state index in [1.54, 1.807) is 25.5 Å².